The molecule has 11 heteroatoms. The molecule has 5 rings (SSSR count). The maximum Gasteiger partial charge on any atom is 0.253 e. The molecule has 2 aliphatic carbocycles. The second-order valence-electron chi connectivity index (χ2n) is 8.84. The monoisotopic (exact) mass is 574 g/mol. The zero-order valence-electron chi connectivity index (χ0n) is 23.0. The minimum Gasteiger partial charge on any atom is -0.507 e. The number of aliphatic hydroxyl groups excluding tert-OH is 1. The van der Waals surface area contributed by atoms with Crippen LogP contribution in [0.5, 0.6) is 17.2 Å². The average molecular weight is 575 g/mol. The summed E-state index contributed by atoms with van der Waals surface area (Å²) in [4.78, 5) is 63.7. The highest BCUT2D eigenvalue weighted by molar-refractivity contribution is 6.31. The van der Waals surface area contributed by atoms with E-state index in [1.54, 1.807) is 12.1 Å². The van der Waals surface area contributed by atoms with Gasteiger partial charge in [-0.15, -0.1) is 25.7 Å². The zero-order chi connectivity index (χ0) is 31.7. The van der Waals surface area contributed by atoms with Crippen LogP contribution in [0.25, 0.3) is 0 Å². The number of terminal acetylenes is 2. The minimum absolute atomic E-state index is 0.0265. The Labute approximate surface area is 242 Å². The molecule has 0 bridgehead atoms. The molecular formula is C31H30N2O9. The Morgan fingerprint density at radius 3 is 2.10 bits per heavy atom. The van der Waals surface area contributed by atoms with Gasteiger partial charge in [-0.05, 0) is 25.3 Å². The van der Waals surface area contributed by atoms with Gasteiger partial charge in [0.15, 0.2) is 5.78 Å². The lowest BCUT2D eigenvalue weighted by Crippen LogP contribution is -2.41. The predicted molar refractivity (Wildman–Crippen MR) is 152 cm³/mol. The number of phenols is 2. The topological polar surface area (TPSA) is 171 Å². The van der Waals surface area contributed by atoms with E-state index in [4.69, 9.17) is 9.84 Å². The molecule has 218 valence electrons. The number of aromatic hydroxyl groups is 2. The molecule has 2 aromatic carbocycles. The molecule has 0 saturated carbocycles. The van der Waals surface area contributed by atoms with Crippen LogP contribution in [0.2, 0.25) is 0 Å². The van der Waals surface area contributed by atoms with Gasteiger partial charge in [0, 0.05) is 55.0 Å². The van der Waals surface area contributed by atoms with Crippen LogP contribution in [0.4, 0.5) is 0 Å². The number of methoxy groups -OCH3 is 1. The number of carbonyl (C=O) groups excluding carboxylic acids is 5. The van der Waals surface area contributed by atoms with Crippen LogP contribution < -0.4 is 10.1 Å². The smallest absolute Gasteiger partial charge is 0.253 e. The first-order valence-corrected chi connectivity index (χ1v) is 12.5. The van der Waals surface area contributed by atoms with Crippen molar-refractivity contribution < 1.29 is 44.0 Å². The van der Waals surface area contributed by atoms with E-state index in [2.05, 4.69) is 31.0 Å². The van der Waals surface area contributed by atoms with Crippen LogP contribution in [-0.2, 0) is 27.2 Å². The molecule has 2 aromatic rings. The third kappa shape index (κ3) is 5.73. The van der Waals surface area contributed by atoms with Crippen LogP contribution in [0, 0.1) is 31.6 Å². The Morgan fingerprint density at radius 2 is 1.50 bits per heavy atom. The summed E-state index contributed by atoms with van der Waals surface area (Å²) in [5.74, 6) is -3.63. The van der Waals surface area contributed by atoms with Gasteiger partial charge < -0.3 is 25.4 Å². The van der Waals surface area contributed by atoms with Gasteiger partial charge in [-0.1, -0.05) is 12.1 Å². The Kier molecular flexibility index (Phi) is 11.2. The number of amides is 3. The van der Waals surface area contributed by atoms with Gasteiger partial charge in [-0.2, -0.15) is 0 Å². The maximum atomic E-state index is 13.3. The molecule has 1 aliphatic heterocycles. The molecule has 0 radical (unpaired) electrons. The van der Waals surface area contributed by atoms with Crippen molar-refractivity contribution in [3.63, 3.8) is 0 Å². The number of aliphatic hydroxyl groups is 1. The first-order valence-electron chi connectivity index (χ1n) is 12.5. The van der Waals surface area contributed by atoms with Crippen molar-refractivity contribution >= 4 is 29.3 Å². The molecule has 3 aliphatic rings. The first kappa shape index (κ1) is 32.8. The number of benzene rings is 2. The molecule has 11 nitrogen and oxygen atoms in total. The predicted octanol–water partition coefficient (Wildman–Crippen LogP) is 1.14. The second-order valence-corrected chi connectivity index (χ2v) is 8.84. The first-order chi connectivity index (χ1) is 20.2. The molecule has 42 heavy (non-hydrogen) atoms. The summed E-state index contributed by atoms with van der Waals surface area (Å²) in [6, 6.07) is 4.56. The number of imide groups is 1. The van der Waals surface area contributed by atoms with Crippen molar-refractivity contribution in [1.29, 1.82) is 0 Å². The molecule has 0 fully saturated rings. The normalized spacial score (nSPS) is 15.8. The lowest BCUT2D eigenvalue weighted by molar-refractivity contribution is -0.137. The van der Waals surface area contributed by atoms with E-state index >= 15 is 0 Å². The number of carbonyl (C=O) groups is 5. The standard InChI is InChI=1S/C26H22N2O8.2C2H2.CH4O/c1-36-16-4-2-3-14-19(16)25(34)21-20(23(14)32)24(33)15-11-12(5-6-13(15)22(21)31)26(35)27-9-10-28-17(29)7-8-18(28)30;3*1-2/h2-4,7-8,12,31,33H,5-6,9-11H2,1H3,(H,27,35);2*1-2H;2H,1H3/t12-;;;/m0.../s1. The number of fused-ring (bicyclic) bond motifs is 3. The third-order valence-electron chi connectivity index (χ3n) is 6.93. The summed E-state index contributed by atoms with van der Waals surface area (Å²) in [5.41, 5.74) is 0.132. The van der Waals surface area contributed by atoms with E-state index in [0.717, 1.165) is 12.0 Å². The van der Waals surface area contributed by atoms with Crippen LogP contribution in [-0.4, -0.2) is 76.8 Å². The van der Waals surface area contributed by atoms with E-state index in [1.165, 1.54) is 25.3 Å². The molecule has 0 unspecified atom stereocenters. The lowest BCUT2D eigenvalue weighted by atomic mass is 9.75. The van der Waals surface area contributed by atoms with Gasteiger partial charge in [0.05, 0.1) is 23.8 Å². The van der Waals surface area contributed by atoms with Crippen molar-refractivity contribution in [2.75, 3.05) is 27.3 Å². The highest BCUT2D eigenvalue weighted by Gasteiger charge is 2.41. The lowest BCUT2D eigenvalue weighted by Gasteiger charge is -2.29. The fourth-order valence-electron chi connectivity index (χ4n) is 5.12. The summed E-state index contributed by atoms with van der Waals surface area (Å²) < 4.78 is 5.24. The van der Waals surface area contributed by atoms with E-state index in [0.29, 0.717) is 12.0 Å². The van der Waals surface area contributed by atoms with Crippen molar-refractivity contribution in [2.45, 2.75) is 19.3 Å². The molecule has 1 heterocycles. The zero-order valence-corrected chi connectivity index (χ0v) is 23.0. The number of nitrogens with zero attached hydrogens (tertiary/aromatic N) is 1. The van der Waals surface area contributed by atoms with Gasteiger partial charge in [0.1, 0.15) is 17.2 Å². The van der Waals surface area contributed by atoms with Crippen LogP contribution in [0.15, 0.2) is 30.4 Å². The van der Waals surface area contributed by atoms with E-state index in [9.17, 15) is 34.2 Å². The Balaban J connectivity index is 0.000000966. The summed E-state index contributed by atoms with van der Waals surface area (Å²) in [7, 11) is 2.37. The molecule has 4 N–H and O–H groups in total. The number of hydrogen-bond donors (Lipinski definition) is 4. The number of nitrogens with one attached hydrogen (secondary N) is 1. The van der Waals surface area contributed by atoms with Crippen molar-refractivity contribution in [1.82, 2.24) is 10.2 Å². The Bertz CT molecular complexity index is 1480. The van der Waals surface area contributed by atoms with Crippen molar-refractivity contribution in [2.24, 2.45) is 5.92 Å². The molecule has 0 spiro atoms. The highest BCUT2D eigenvalue weighted by atomic mass is 16.5. The number of rotatable bonds is 5. The van der Waals surface area contributed by atoms with E-state index in [1.807, 2.05) is 0 Å². The molecule has 1 atom stereocenters. The van der Waals surface area contributed by atoms with Crippen molar-refractivity contribution in [3.05, 3.63) is 63.7 Å². The summed E-state index contributed by atoms with van der Waals surface area (Å²) in [6.45, 7) is 0.0904. The van der Waals surface area contributed by atoms with Crippen LogP contribution >= 0.6 is 0 Å². The molecular weight excluding hydrogens is 544 g/mol. The van der Waals surface area contributed by atoms with Gasteiger partial charge in [0.2, 0.25) is 11.7 Å². The highest BCUT2D eigenvalue weighted by Crippen LogP contribution is 2.47. The summed E-state index contributed by atoms with van der Waals surface area (Å²) in [5, 5.41) is 31.8. The SMILES string of the molecule is C#C.C#C.CO.COc1cccc2c1C(=O)c1c(O)c3c(c(O)c1C2=O)C[C@@H](C(=O)NCCN1C(=O)C=CC1=O)CC3. The minimum atomic E-state index is -0.618. The van der Waals surface area contributed by atoms with E-state index in [-0.39, 0.29) is 71.2 Å². The molecule has 3 amide bonds. The van der Waals surface area contributed by atoms with Gasteiger partial charge in [-0.3, -0.25) is 28.9 Å². The van der Waals surface area contributed by atoms with E-state index < -0.39 is 35.0 Å². The number of ketones is 2. The second kappa shape index (κ2) is 14.3. The van der Waals surface area contributed by atoms with Crippen LogP contribution in [0.3, 0.4) is 0 Å². The largest absolute Gasteiger partial charge is 0.507 e. The average Bonchev–Trinajstić information content (AvgIpc) is 3.36. The Morgan fingerprint density at radius 1 is 0.929 bits per heavy atom. The molecule has 0 saturated heterocycles. The quantitative estimate of drug-likeness (QED) is 0.198. The number of hydrogen-bond acceptors (Lipinski definition) is 9. The fraction of sp³-hybridized carbons (Fsp3) is 0.258. The number of ether oxygens (including phenoxy) is 1. The Hall–Kier alpha value is -5.39. The van der Waals surface area contributed by atoms with Crippen LogP contribution in [0.1, 0.15) is 49.4 Å². The van der Waals surface area contributed by atoms with Gasteiger partial charge in [-0.25, -0.2) is 0 Å². The van der Waals surface area contributed by atoms with Crippen molar-refractivity contribution in [3.8, 4) is 42.9 Å². The third-order valence-corrected chi connectivity index (χ3v) is 6.93. The maximum absolute atomic E-state index is 13.3. The van der Waals surface area contributed by atoms with Gasteiger partial charge in [0.25, 0.3) is 11.8 Å². The fourth-order valence-corrected chi connectivity index (χ4v) is 5.12. The van der Waals surface area contributed by atoms with Gasteiger partial charge >= 0.3 is 0 Å². The molecule has 0 aromatic heterocycles. The number of phenolic OH excluding ortho intramolecular Hbond substituents is 2. The summed E-state index contributed by atoms with van der Waals surface area (Å²) in [6.07, 6.45) is 18.9. The summed E-state index contributed by atoms with van der Waals surface area (Å²) >= 11 is 0.